The molecule has 0 aromatic heterocycles. The van der Waals surface area contributed by atoms with Crippen LogP contribution in [-0.4, -0.2) is 12.6 Å². The lowest BCUT2D eigenvalue weighted by Crippen LogP contribution is -2.29. The van der Waals surface area contributed by atoms with E-state index >= 15 is 0 Å². The smallest absolute Gasteiger partial charge is 0.122 e. The van der Waals surface area contributed by atoms with Crippen LogP contribution in [0, 0.1) is 6.92 Å². The molecule has 0 aliphatic carbocycles. The second-order valence-electron chi connectivity index (χ2n) is 4.14. The van der Waals surface area contributed by atoms with Crippen LogP contribution in [-0.2, 0) is 0 Å². The minimum absolute atomic E-state index is 0.208. The van der Waals surface area contributed by atoms with Gasteiger partial charge in [-0.1, -0.05) is 17.7 Å². The number of hydrogen-bond donors (Lipinski definition) is 1. The maximum absolute atomic E-state index is 5.98. The van der Waals surface area contributed by atoms with Crippen LogP contribution in [0.15, 0.2) is 18.2 Å². The number of aryl methyl sites for hydroxylation is 1. The molecule has 0 amide bonds. The standard InChI is InChI=1S/C12H17NO/c1-8-3-4-12-11(7-8)10(9(2)13)5-6-14-12/h3-4,7,9-10H,5-6,13H2,1-2H3. The molecule has 76 valence electrons. The summed E-state index contributed by atoms with van der Waals surface area (Å²) in [6.45, 7) is 4.97. The highest BCUT2D eigenvalue weighted by Crippen LogP contribution is 2.35. The van der Waals surface area contributed by atoms with Gasteiger partial charge in [-0.05, 0) is 31.9 Å². The lowest BCUT2D eigenvalue weighted by Gasteiger charge is -2.28. The molecule has 0 saturated heterocycles. The fraction of sp³-hybridized carbons (Fsp3) is 0.500. The van der Waals surface area contributed by atoms with Gasteiger partial charge in [-0.3, -0.25) is 0 Å². The summed E-state index contributed by atoms with van der Waals surface area (Å²) in [5.74, 6) is 1.47. The summed E-state index contributed by atoms with van der Waals surface area (Å²) in [7, 11) is 0. The number of rotatable bonds is 1. The maximum atomic E-state index is 5.98. The molecule has 2 rings (SSSR count). The monoisotopic (exact) mass is 191 g/mol. The van der Waals surface area contributed by atoms with E-state index in [2.05, 4.69) is 32.0 Å². The third kappa shape index (κ3) is 1.62. The van der Waals surface area contributed by atoms with Crippen molar-refractivity contribution in [1.29, 1.82) is 0 Å². The molecule has 2 nitrogen and oxygen atoms in total. The normalized spacial score (nSPS) is 22.4. The van der Waals surface area contributed by atoms with E-state index in [4.69, 9.17) is 10.5 Å². The van der Waals surface area contributed by atoms with Crippen molar-refractivity contribution >= 4 is 0 Å². The molecule has 0 spiro atoms. The minimum Gasteiger partial charge on any atom is -0.493 e. The summed E-state index contributed by atoms with van der Waals surface area (Å²) >= 11 is 0. The number of hydrogen-bond acceptors (Lipinski definition) is 2. The first-order valence-corrected chi connectivity index (χ1v) is 5.17. The first-order chi connectivity index (χ1) is 6.68. The van der Waals surface area contributed by atoms with Crippen LogP contribution in [0.5, 0.6) is 5.75 Å². The van der Waals surface area contributed by atoms with Crippen molar-refractivity contribution in [3.05, 3.63) is 29.3 Å². The van der Waals surface area contributed by atoms with Gasteiger partial charge in [0, 0.05) is 12.0 Å². The average Bonchev–Trinajstić information content (AvgIpc) is 2.16. The zero-order chi connectivity index (χ0) is 10.1. The Labute approximate surface area is 85.1 Å². The molecule has 1 aliphatic heterocycles. The highest BCUT2D eigenvalue weighted by atomic mass is 16.5. The van der Waals surface area contributed by atoms with Crippen LogP contribution >= 0.6 is 0 Å². The van der Waals surface area contributed by atoms with Crippen molar-refractivity contribution in [3.8, 4) is 5.75 Å². The summed E-state index contributed by atoms with van der Waals surface area (Å²) in [6, 6.07) is 6.55. The van der Waals surface area contributed by atoms with Crippen molar-refractivity contribution < 1.29 is 4.74 Å². The first kappa shape index (κ1) is 9.53. The Kier molecular flexibility index (Phi) is 2.46. The Bertz CT molecular complexity index is 333. The van der Waals surface area contributed by atoms with E-state index in [-0.39, 0.29) is 6.04 Å². The van der Waals surface area contributed by atoms with Gasteiger partial charge in [0.1, 0.15) is 5.75 Å². The highest BCUT2D eigenvalue weighted by Gasteiger charge is 2.24. The maximum Gasteiger partial charge on any atom is 0.122 e. The van der Waals surface area contributed by atoms with Crippen molar-refractivity contribution in [1.82, 2.24) is 0 Å². The molecule has 2 unspecified atom stereocenters. The fourth-order valence-electron chi connectivity index (χ4n) is 2.09. The van der Waals surface area contributed by atoms with E-state index in [1.807, 2.05) is 0 Å². The largest absolute Gasteiger partial charge is 0.493 e. The van der Waals surface area contributed by atoms with E-state index in [1.54, 1.807) is 0 Å². The average molecular weight is 191 g/mol. The van der Waals surface area contributed by atoms with Gasteiger partial charge in [-0.2, -0.15) is 0 Å². The number of nitrogens with two attached hydrogens (primary N) is 1. The second kappa shape index (κ2) is 3.62. The Hall–Kier alpha value is -1.02. The zero-order valence-electron chi connectivity index (χ0n) is 8.79. The molecular formula is C12H17NO. The van der Waals surface area contributed by atoms with Gasteiger partial charge >= 0.3 is 0 Å². The van der Waals surface area contributed by atoms with Crippen LogP contribution in [0.25, 0.3) is 0 Å². The lowest BCUT2D eigenvalue weighted by molar-refractivity contribution is 0.258. The topological polar surface area (TPSA) is 35.2 Å². The fourth-order valence-corrected chi connectivity index (χ4v) is 2.09. The van der Waals surface area contributed by atoms with Gasteiger partial charge in [-0.15, -0.1) is 0 Å². The molecule has 1 aliphatic rings. The summed E-state index contributed by atoms with van der Waals surface area (Å²) in [4.78, 5) is 0. The quantitative estimate of drug-likeness (QED) is 0.738. The van der Waals surface area contributed by atoms with Crippen molar-refractivity contribution in [2.45, 2.75) is 32.2 Å². The van der Waals surface area contributed by atoms with Gasteiger partial charge in [0.2, 0.25) is 0 Å². The van der Waals surface area contributed by atoms with E-state index in [9.17, 15) is 0 Å². The Morgan fingerprint density at radius 1 is 1.50 bits per heavy atom. The van der Waals surface area contributed by atoms with E-state index in [0.717, 1.165) is 18.8 Å². The van der Waals surface area contributed by atoms with Gasteiger partial charge in [0.05, 0.1) is 6.61 Å². The molecule has 1 heterocycles. The Balaban J connectivity index is 2.41. The predicted octanol–water partition coefficient (Wildman–Crippen LogP) is 2.21. The summed E-state index contributed by atoms with van der Waals surface area (Å²) in [6.07, 6.45) is 1.04. The van der Waals surface area contributed by atoms with Crippen molar-refractivity contribution in [3.63, 3.8) is 0 Å². The summed E-state index contributed by atoms with van der Waals surface area (Å²) < 4.78 is 5.60. The Morgan fingerprint density at radius 2 is 2.29 bits per heavy atom. The van der Waals surface area contributed by atoms with Gasteiger partial charge in [-0.25, -0.2) is 0 Å². The molecule has 1 aromatic rings. The van der Waals surface area contributed by atoms with Crippen molar-refractivity contribution in [2.24, 2.45) is 5.73 Å². The van der Waals surface area contributed by atoms with Crippen molar-refractivity contribution in [2.75, 3.05) is 6.61 Å². The number of ether oxygens (including phenoxy) is 1. The molecule has 0 radical (unpaired) electrons. The SMILES string of the molecule is Cc1ccc2c(c1)C(C(C)N)CCO2. The first-order valence-electron chi connectivity index (χ1n) is 5.17. The number of benzene rings is 1. The lowest BCUT2D eigenvalue weighted by atomic mass is 9.87. The molecule has 0 fully saturated rings. The molecular weight excluding hydrogens is 174 g/mol. The molecule has 14 heavy (non-hydrogen) atoms. The number of fused-ring (bicyclic) bond motifs is 1. The van der Waals surface area contributed by atoms with Crippen LogP contribution in [0.2, 0.25) is 0 Å². The molecule has 1 aromatic carbocycles. The van der Waals surface area contributed by atoms with E-state index in [0.29, 0.717) is 5.92 Å². The highest BCUT2D eigenvalue weighted by molar-refractivity contribution is 5.41. The van der Waals surface area contributed by atoms with Crippen LogP contribution in [0.4, 0.5) is 0 Å². The van der Waals surface area contributed by atoms with Gasteiger partial charge < -0.3 is 10.5 Å². The third-order valence-corrected chi connectivity index (χ3v) is 2.89. The summed E-state index contributed by atoms with van der Waals surface area (Å²) in [5, 5.41) is 0. The van der Waals surface area contributed by atoms with Crippen LogP contribution in [0.1, 0.15) is 30.4 Å². The molecule has 2 atom stereocenters. The van der Waals surface area contributed by atoms with E-state index in [1.165, 1.54) is 11.1 Å². The van der Waals surface area contributed by atoms with Crippen LogP contribution in [0.3, 0.4) is 0 Å². The molecule has 0 bridgehead atoms. The van der Waals surface area contributed by atoms with E-state index < -0.39 is 0 Å². The van der Waals surface area contributed by atoms with Crippen LogP contribution < -0.4 is 10.5 Å². The van der Waals surface area contributed by atoms with Gasteiger partial charge in [0.15, 0.2) is 0 Å². The molecule has 2 heteroatoms. The van der Waals surface area contributed by atoms with Gasteiger partial charge in [0.25, 0.3) is 0 Å². The Morgan fingerprint density at radius 3 is 3.00 bits per heavy atom. The second-order valence-corrected chi connectivity index (χ2v) is 4.14. The minimum atomic E-state index is 0.208. The molecule has 0 saturated carbocycles. The molecule has 2 N–H and O–H groups in total. The third-order valence-electron chi connectivity index (χ3n) is 2.89. The summed E-state index contributed by atoms with van der Waals surface area (Å²) in [5.41, 5.74) is 8.54. The zero-order valence-corrected chi connectivity index (χ0v) is 8.79. The predicted molar refractivity (Wildman–Crippen MR) is 57.7 cm³/mol.